The third-order valence-electron chi connectivity index (χ3n) is 4.93. The summed E-state index contributed by atoms with van der Waals surface area (Å²) in [5.41, 5.74) is 3.55. The lowest BCUT2D eigenvalue weighted by Gasteiger charge is -2.26. The number of benzene rings is 2. The number of para-hydroxylation sites is 1. The van der Waals surface area contributed by atoms with Crippen LogP contribution in [0.1, 0.15) is 16.7 Å². The van der Waals surface area contributed by atoms with Crippen LogP contribution in [0.25, 0.3) is 10.9 Å². The Bertz CT molecular complexity index is 1060. The van der Waals surface area contributed by atoms with Crippen molar-refractivity contribution < 1.29 is 9.47 Å². The monoisotopic (exact) mass is 425 g/mol. The van der Waals surface area contributed by atoms with E-state index in [-0.39, 0.29) is 5.56 Å². The first-order valence-corrected chi connectivity index (χ1v) is 10.2. The fourth-order valence-corrected chi connectivity index (χ4v) is 3.51. The number of pyridine rings is 1. The van der Waals surface area contributed by atoms with Gasteiger partial charge in [0.25, 0.3) is 5.56 Å². The van der Waals surface area contributed by atoms with Gasteiger partial charge >= 0.3 is 0 Å². The molecular weight excluding hydrogens is 398 g/mol. The number of methoxy groups -OCH3 is 2. The van der Waals surface area contributed by atoms with Crippen molar-refractivity contribution in [2.75, 3.05) is 27.4 Å². The Hall–Kier alpha value is -2.90. The molecule has 0 unspecified atom stereocenters. The summed E-state index contributed by atoms with van der Waals surface area (Å²) in [6.07, 6.45) is 0. The van der Waals surface area contributed by atoms with Gasteiger partial charge in [0.15, 0.2) is 5.11 Å². The fraction of sp³-hybridized carbons (Fsp3) is 0.304. The Kier molecular flexibility index (Phi) is 7.43. The number of hydrogen-bond donors (Lipinski definition) is 2. The highest BCUT2D eigenvalue weighted by Crippen LogP contribution is 2.18. The number of hydrogen-bond acceptors (Lipinski definition) is 4. The van der Waals surface area contributed by atoms with Crippen LogP contribution in [0.3, 0.4) is 0 Å². The Morgan fingerprint density at radius 3 is 2.60 bits per heavy atom. The van der Waals surface area contributed by atoms with E-state index in [4.69, 9.17) is 21.7 Å². The summed E-state index contributed by atoms with van der Waals surface area (Å²) in [5, 5.41) is 4.79. The maximum atomic E-state index is 12.8. The van der Waals surface area contributed by atoms with E-state index in [2.05, 4.69) is 10.3 Å². The van der Waals surface area contributed by atoms with E-state index in [0.717, 1.165) is 27.8 Å². The van der Waals surface area contributed by atoms with Gasteiger partial charge in [0.1, 0.15) is 5.75 Å². The summed E-state index contributed by atoms with van der Waals surface area (Å²) in [5.74, 6) is 0.799. The van der Waals surface area contributed by atoms with Gasteiger partial charge in [0, 0.05) is 25.8 Å². The van der Waals surface area contributed by atoms with Crippen LogP contribution in [0.4, 0.5) is 0 Å². The Labute approximate surface area is 181 Å². The standard InChI is InChI=1S/C23H27N3O3S/c1-16-5-4-6-18-13-19(22(27)25-21(16)18)15-26(23(30)24-11-12-28-2)14-17-7-9-20(29-3)10-8-17/h4-10,13H,11-12,14-15H2,1-3H3,(H,24,30)(H,25,27). The summed E-state index contributed by atoms with van der Waals surface area (Å²) in [6.45, 7) is 4.09. The molecule has 0 aliphatic rings. The number of rotatable bonds is 8. The molecule has 2 N–H and O–H groups in total. The SMILES string of the molecule is COCCNC(=S)N(Cc1ccc(OC)cc1)Cc1cc2cccc(C)c2[nH]c1=O. The lowest BCUT2D eigenvalue weighted by atomic mass is 10.1. The molecule has 1 heterocycles. The van der Waals surface area contributed by atoms with Gasteiger partial charge < -0.3 is 24.7 Å². The number of fused-ring (bicyclic) bond motifs is 1. The molecule has 3 aromatic rings. The molecule has 158 valence electrons. The van der Waals surface area contributed by atoms with Crippen molar-refractivity contribution in [3.8, 4) is 5.75 Å². The van der Waals surface area contributed by atoms with E-state index in [0.29, 0.717) is 36.9 Å². The number of aryl methyl sites for hydroxylation is 1. The molecule has 0 amide bonds. The van der Waals surface area contributed by atoms with E-state index < -0.39 is 0 Å². The van der Waals surface area contributed by atoms with Gasteiger partial charge in [-0.3, -0.25) is 4.79 Å². The summed E-state index contributed by atoms with van der Waals surface area (Å²) in [4.78, 5) is 17.8. The molecule has 0 aliphatic heterocycles. The van der Waals surface area contributed by atoms with Crippen molar-refractivity contribution in [3.63, 3.8) is 0 Å². The molecule has 0 bridgehead atoms. The number of aromatic nitrogens is 1. The average molecular weight is 426 g/mol. The Balaban J connectivity index is 1.87. The minimum atomic E-state index is -0.101. The highest BCUT2D eigenvalue weighted by molar-refractivity contribution is 7.80. The molecule has 0 aliphatic carbocycles. The van der Waals surface area contributed by atoms with Crippen LogP contribution < -0.4 is 15.6 Å². The minimum Gasteiger partial charge on any atom is -0.497 e. The second-order valence-corrected chi connectivity index (χ2v) is 7.48. The zero-order chi connectivity index (χ0) is 21.5. The summed E-state index contributed by atoms with van der Waals surface area (Å²) >= 11 is 5.62. The van der Waals surface area contributed by atoms with Crippen LogP contribution in [0.5, 0.6) is 5.75 Å². The molecule has 30 heavy (non-hydrogen) atoms. The lowest BCUT2D eigenvalue weighted by Crippen LogP contribution is -2.41. The molecule has 6 nitrogen and oxygen atoms in total. The van der Waals surface area contributed by atoms with Gasteiger partial charge in [-0.15, -0.1) is 0 Å². The van der Waals surface area contributed by atoms with Gasteiger partial charge in [-0.2, -0.15) is 0 Å². The first-order chi connectivity index (χ1) is 14.5. The second-order valence-electron chi connectivity index (χ2n) is 7.09. The number of aromatic amines is 1. The van der Waals surface area contributed by atoms with Gasteiger partial charge in [-0.1, -0.05) is 30.3 Å². The van der Waals surface area contributed by atoms with Gasteiger partial charge in [0.05, 0.1) is 25.8 Å². The third-order valence-corrected chi connectivity index (χ3v) is 5.33. The second kappa shape index (κ2) is 10.2. The molecule has 0 radical (unpaired) electrons. The van der Waals surface area contributed by atoms with Gasteiger partial charge in [-0.25, -0.2) is 0 Å². The third kappa shape index (κ3) is 5.37. The molecule has 0 fully saturated rings. The van der Waals surface area contributed by atoms with Crippen LogP contribution in [0, 0.1) is 6.92 Å². The molecule has 0 saturated carbocycles. The molecule has 0 spiro atoms. The predicted octanol–water partition coefficient (Wildman–Crippen LogP) is 3.37. The lowest BCUT2D eigenvalue weighted by molar-refractivity contribution is 0.202. The van der Waals surface area contributed by atoms with Crippen LogP contribution in [0.15, 0.2) is 53.3 Å². The molecule has 0 atom stereocenters. The van der Waals surface area contributed by atoms with Crippen molar-refractivity contribution in [1.29, 1.82) is 0 Å². The fourth-order valence-electron chi connectivity index (χ4n) is 3.27. The summed E-state index contributed by atoms with van der Waals surface area (Å²) in [6, 6.07) is 15.8. The Morgan fingerprint density at radius 2 is 1.90 bits per heavy atom. The predicted molar refractivity (Wildman–Crippen MR) is 124 cm³/mol. The normalized spacial score (nSPS) is 10.8. The Morgan fingerprint density at radius 1 is 1.13 bits per heavy atom. The topological polar surface area (TPSA) is 66.6 Å². The van der Waals surface area contributed by atoms with Crippen molar-refractivity contribution >= 4 is 28.2 Å². The molecule has 7 heteroatoms. The highest BCUT2D eigenvalue weighted by atomic mass is 32.1. The maximum absolute atomic E-state index is 12.8. The first-order valence-electron chi connectivity index (χ1n) is 9.78. The van der Waals surface area contributed by atoms with Crippen molar-refractivity contribution in [2.45, 2.75) is 20.0 Å². The summed E-state index contributed by atoms with van der Waals surface area (Å²) in [7, 11) is 3.29. The van der Waals surface area contributed by atoms with E-state index in [1.165, 1.54) is 0 Å². The van der Waals surface area contributed by atoms with E-state index in [1.54, 1.807) is 14.2 Å². The van der Waals surface area contributed by atoms with Crippen LogP contribution in [-0.4, -0.2) is 42.4 Å². The molecule has 1 aromatic heterocycles. The molecule has 3 rings (SSSR count). The van der Waals surface area contributed by atoms with Crippen molar-refractivity contribution in [3.05, 3.63) is 75.6 Å². The van der Waals surface area contributed by atoms with Crippen LogP contribution in [0.2, 0.25) is 0 Å². The smallest absolute Gasteiger partial charge is 0.253 e. The first kappa shape index (κ1) is 21.8. The highest BCUT2D eigenvalue weighted by Gasteiger charge is 2.14. The maximum Gasteiger partial charge on any atom is 0.253 e. The molecular formula is C23H27N3O3S. The minimum absolute atomic E-state index is 0.101. The van der Waals surface area contributed by atoms with E-state index >= 15 is 0 Å². The van der Waals surface area contributed by atoms with E-state index in [1.807, 2.05) is 60.4 Å². The largest absolute Gasteiger partial charge is 0.497 e. The number of ether oxygens (including phenoxy) is 2. The number of H-pyrrole nitrogens is 1. The zero-order valence-corrected chi connectivity index (χ0v) is 18.3. The van der Waals surface area contributed by atoms with Crippen molar-refractivity contribution in [1.82, 2.24) is 15.2 Å². The number of nitrogens with one attached hydrogen (secondary N) is 2. The number of nitrogens with zero attached hydrogens (tertiary/aromatic N) is 1. The quantitative estimate of drug-likeness (QED) is 0.426. The molecule has 0 saturated heterocycles. The average Bonchev–Trinajstić information content (AvgIpc) is 2.75. The van der Waals surface area contributed by atoms with Crippen LogP contribution in [-0.2, 0) is 17.8 Å². The van der Waals surface area contributed by atoms with Gasteiger partial charge in [-0.05, 0) is 53.9 Å². The zero-order valence-electron chi connectivity index (χ0n) is 17.5. The number of thiocarbonyl (C=S) groups is 1. The van der Waals surface area contributed by atoms with E-state index in [9.17, 15) is 4.79 Å². The van der Waals surface area contributed by atoms with Crippen molar-refractivity contribution in [2.24, 2.45) is 0 Å². The molecule has 2 aromatic carbocycles. The van der Waals surface area contributed by atoms with Gasteiger partial charge in [0.2, 0.25) is 0 Å². The summed E-state index contributed by atoms with van der Waals surface area (Å²) < 4.78 is 10.3. The van der Waals surface area contributed by atoms with Crippen LogP contribution >= 0.6 is 12.2 Å².